The average Bonchev–Trinajstić information content (AvgIpc) is 3.36. The number of quaternary nitrogens is 1. The summed E-state index contributed by atoms with van der Waals surface area (Å²) in [6.07, 6.45) is 78.6. The number of nitrogens with zero attached hydrogens (tertiary/aromatic N) is 1. The van der Waals surface area contributed by atoms with Crippen molar-refractivity contribution in [2.24, 2.45) is 0 Å². The van der Waals surface area contributed by atoms with Crippen molar-refractivity contribution in [1.29, 1.82) is 0 Å². The van der Waals surface area contributed by atoms with E-state index in [4.69, 9.17) is 9.05 Å². The molecule has 0 aromatic rings. The van der Waals surface area contributed by atoms with Gasteiger partial charge in [-0.2, -0.15) is 0 Å². The quantitative estimate of drug-likeness (QED) is 0.0272. The second kappa shape index (κ2) is 55.4. The minimum Gasteiger partial charge on any atom is -0.756 e. The van der Waals surface area contributed by atoms with Crippen molar-refractivity contribution >= 4 is 13.7 Å². The third kappa shape index (κ3) is 57.4. The number of phosphoric acid groups is 1. The molecule has 0 aliphatic heterocycles. The van der Waals surface area contributed by atoms with Crippen molar-refractivity contribution < 1.29 is 32.9 Å². The standard InChI is InChI=1S/C65H119N2O6P/c1-6-8-10-12-14-16-18-19-20-21-22-23-24-25-26-27-28-29-30-31-32-33-34-35-36-37-38-39-40-41-42-43-44-45-46-47-49-51-53-55-57-59-65(69)66-63(62-73-74(70,71)72-61-60-67(3,4)5)64(68)58-56-54-52-50-48-17-15-13-11-9-7-2/h8,10,14,16,19-20,22-23,25-26,48,50,56,58,63-64,68H,6-7,9,11-13,15,17-18,21,24,27-47,49,51-55,57,59-62H2,1-5H3,(H-,66,69,70,71)/b10-8-,16-14-,20-19-,23-22-,26-25-,50-48+,58-56+. The Morgan fingerprint density at radius 1 is 0.486 bits per heavy atom. The molecule has 0 aliphatic rings. The number of amides is 1. The topological polar surface area (TPSA) is 108 Å². The SMILES string of the molecule is CC/C=C\C/C=C\C/C=C\C/C=C\C/C=C\CCCCCCCCCCCCCCCCCCCCCCCCCCCC(=O)NC(COP(=O)([O-])OCC[N+](C)(C)C)C(O)/C=C/CC/C=C/CCCCCCC. The van der Waals surface area contributed by atoms with Crippen LogP contribution in [0.3, 0.4) is 0 Å². The summed E-state index contributed by atoms with van der Waals surface area (Å²) >= 11 is 0. The number of carbonyl (C=O) groups excluding carboxylic acids is 1. The van der Waals surface area contributed by atoms with E-state index in [0.29, 0.717) is 17.4 Å². The van der Waals surface area contributed by atoms with E-state index in [1.165, 1.54) is 180 Å². The van der Waals surface area contributed by atoms with Gasteiger partial charge in [-0.05, 0) is 77.0 Å². The van der Waals surface area contributed by atoms with Crippen molar-refractivity contribution in [3.8, 4) is 0 Å². The van der Waals surface area contributed by atoms with E-state index < -0.39 is 26.6 Å². The van der Waals surface area contributed by atoms with Crippen molar-refractivity contribution in [2.75, 3.05) is 40.9 Å². The number of unbranched alkanes of at least 4 members (excludes halogenated alkanes) is 31. The zero-order chi connectivity index (χ0) is 54.2. The summed E-state index contributed by atoms with van der Waals surface area (Å²) in [6, 6.07) is -0.903. The summed E-state index contributed by atoms with van der Waals surface area (Å²) in [7, 11) is 1.25. The van der Waals surface area contributed by atoms with Crippen LogP contribution in [0.1, 0.15) is 271 Å². The highest BCUT2D eigenvalue weighted by Gasteiger charge is 2.23. The third-order valence-electron chi connectivity index (χ3n) is 13.6. The molecule has 2 N–H and O–H groups in total. The molecule has 0 heterocycles. The van der Waals surface area contributed by atoms with Gasteiger partial charge in [0.1, 0.15) is 13.2 Å². The summed E-state index contributed by atoms with van der Waals surface area (Å²) in [4.78, 5) is 25.4. The van der Waals surface area contributed by atoms with Crippen LogP contribution >= 0.6 is 7.82 Å². The summed E-state index contributed by atoms with van der Waals surface area (Å²) in [5, 5.41) is 13.8. The summed E-state index contributed by atoms with van der Waals surface area (Å²) < 4.78 is 23.3. The van der Waals surface area contributed by atoms with Crippen LogP contribution in [0.15, 0.2) is 85.1 Å². The number of aliphatic hydroxyl groups is 1. The molecule has 0 rings (SSSR count). The molecule has 0 aromatic carbocycles. The predicted molar refractivity (Wildman–Crippen MR) is 320 cm³/mol. The molecule has 0 fully saturated rings. The van der Waals surface area contributed by atoms with E-state index in [-0.39, 0.29) is 12.5 Å². The number of phosphoric ester groups is 1. The molecule has 0 radical (unpaired) electrons. The zero-order valence-corrected chi connectivity index (χ0v) is 49.9. The van der Waals surface area contributed by atoms with E-state index in [9.17, 15) is 19.4 Å². The molecule has 1 amide bonds. The number of nitrogens with one attached hydrogen (secondary N) is 1. The molecule has 0 aromatic heterocycles. The Morgan fingerprint density at radius 3 is 1.26 bits per heavy atom. The third-order valence-corrected chi connectivity index (χ3v) is 14.6. The van der Waals surface area contributed by atoms with Gasteiger partial charge in [0.05, 0.1) is 39.9 Å². The van der Waals surface area contributed by atoms with Crippen LogP contribution in [0.25, 0.3) is 0 Å². The molecule has 3 atom stereocenters. The number of likely N-dealkylation sites (N-methyl/N-ethyl adjacent to an activating group) is 1. The molecule has 9 heteroatoms. The second-order valence-electron chi connectivity index (χ2n) is 22.0. The van der Waals surface area contributed by atoms with Gasteiger partial charge in [-0.1, -0.05) is 272 Å². The lowest BCUT2D eigenvalue weighted by Crippen LogP contribution is -2.45. The molecule has 0 saturated heterocycles. The fraction of sp³-hybridized carbons (Fsp3) is 0.769. The number of aliphatic hydroxyl groups excluding tert-OH is 1. The first-order chi connectivity index (χ1) is 36.0. The molecule has 0 spiro atoms. The Morgan fingerprint density at radius 2 is 0.838 bits per heavy atom. The monoisotopic (exact) mass is 1050 g/mol. The highest BCUT2D eigenvalue weighted by atomic mass is 31.2. The zero-order valence-electron chi connectivity index (χ0n) is 49.0. The smallest absolute Gasteiger partial charge is 0.268 e. The highest BCUT2D eigenvalue weighted by Crippen LogP contribution is 2.38. The maximum absolute atomic E-state index is 12.9. The van der Waals surface area contributed by atoms with Gasteiger partial charge in [0.15, 0.2) is 0 Å². The number of carbonyl (C=O) groups is 1. The average molecular weight is 1060 g/mol. The van der Waals surface area contributed by atoms with Crippen LogP contribution in [-0.4, -0.2) is 68.5 Å². The highest BCUT2D eigenvalue weighted by molar-refractivity contribution is 7.45. The molecule has 74 heavy (non-hydrogen) atoms. The first-order valence-electron chi connectivity index (χ1n) is 30.9. The molecular weight excluding hydrogens is 936 g/mol. The molecule has 0 aliphatic carbocycles. The maximum atomic E-state index is 12.9. The van der Waals surface area contributed by atoms with Crippen molar-refractivity contribution in [3.05, 3.63) is 85.1 Å². The van der Waals surface area contributed by atoms with Gasteiger partial charge in [-0.15, -0.1) is 0 Å². The van der Waals surface area contributed by atoms with Crippen molar-refractivity contribution in [1.82, 2.24) is 5.32 Å². The predicted octanol–water partition coefficient (Wildman–Crippen LogP) is 18.6. The van der Waals surface area contributed by atoms with E-state index in [0.717, 1.165) is 70.6 Å². The Bertz CT molecular complexity index is 1480. The maximum Gasteiger partial charge on any atom is 0.268 e. The van der Waals surface area contributed by atoms with Crippen molar-refractivity contribution in [2.45, 2.75) is 283 Å². The molecule has 0 saturated carbocycles. The molecule has 430 valence electrons. The van der Waals surface area contributed by atoms with Crippen LogP contribution in [0, 0.1) is 0 Å². The second-order valence-corrected chi connectivity index (χ2v) is 23.4. The van der Waals surface area contributed by atoms with Crippen LogP contribution in [0.4, 0.5) is 0 Å². The minimum atomic E-state index is -4.60. The van der Waals surface area contributed by atoms with E-state index in [1.54, 1.807) is 6.08 Å². The Labute approximate surface area is 458 Å². The van der Waals surface area contributed by atoms with Gasteiger partial charge >= 0.3 is 0 Å². The van der Waals surface area contributed by atoms with Gasteiger partial charge in [0, 0.05) is 6.42 Å². The Hall–Kier alpha value is -2.32. The van der Waals surface area contributed by atoms with Gasteiger partial charge in [0.2, 0.25) is 5.91 Å². The van der Waals surface area contributed by atoms with Gasteiger partial charge in [-0.3, -0.25) is 9.36 Å². The molecule has 8 nitrogen and oxygen atoms in total. The lowest BCUT2D eigenvalue weighted by molar-refractivity contribution is -0.870. The van der Waals surface area contributed by atoms with E-state index >= 15 is 0 Å². The number of rotatable bonds is 56. The molecule has 0 bridgehead atoms. The first kappa shape index (κ1) is 71.7. The number of allylic oxidation sites excluding steroid dienone is 13. The molecular formula is C65H119N2O6P. The van der Waals surface area contributed by atoms with Crippen LogP contribution in [0.2, 0.25) is 0 Å². The Kier molecular flexibility index (Phi) is 53.7. The number of hydrogen-bond acceptors (Lipinski definition) is 6. The first-order valence-corrected chi connectivity index (χ1v) is 32.4. The lowest BCUT2D eigenvalue weighted by Gasteiger charge is -2.29. The summed E-state index contributed by atoms with van der Waals surface area (Å²) in [5.41, 5.74) is 0. The van der Waals surface area contributed by atoms with Gasteiger partial charge in [-0.25, -0.2) is 0 Å². The van der Waals surface area contributed by atoms with Crippen LogP contribution < -0.4 is 10.2 Å². The summed E-state index contributed by atoms with van der Waals surface area (Å²) in [5.74, 6) is -0.207. The van der Waals surface area contributed by atoms with Crippen LogP contribution in [0.5, 0.6) is 0 Å². The van der Waals surface area contributed by atoms with E-state index in [2.05, 4.69) is 92.1 Å². The fourth-order valence-electron chi connectivity index (χ4n) is 8.79. The molecule has 3 unspecified atom stereocenters. The minimum absolute atomic E-state index is 0.00700. The van der Waals surface area contributed by atoms with Gasteiger partial charge < -0.3 is 28.8 Å². The lowest BCUT2D eigenvalue weighted by atomic mass is 10.0. The fourth-order valence-corrected chi connectivity index (χ4v) is 9.51. The van der Waals surface area contributed by atoms with Crippen LogP contribution in [-0.2, 0) is 18.4 Å². The largest absolute Gasteiger partial charge is 0.756 e. The number of hydrogen-bond donors (Lipinski definition) is 2. The van der Waals surface area contributed by atoms with Gasteiger partial charge in [0.25, 0.3) is 7.82 Å². The van der Waals surface area contributed by atoms with Crippen molar-refractivity contribution in [3.63, 3.8) is 0 Å². The Balaban J connectivity index is 3.85. The normalized spacial score (nSPS) is 14.4. The van der Waals surface area contributed by atoms with E-state index in [1.807, 2.05) is 27.2 Å². The summed E-state index contributed by atoms with van der Waals surface area (Å²) in [6.45, 7) is 4.49.